The van der Waals surface area contributed by atoms with Gasteiger partial charge in [0.15, 0.2) is 0 Å². The number of ether oxygens (including phenoxy) is 1. The average Bonchev–Trinajstić information content (AvgIpc) is 2.62. The van der Waals surface area contributed by atoms with E-state index in [-0.39, 0.29) is 24.4 Å². The number of aliphatic hydroxyl groups is 1. The molecule has 3 rings (SSSR count). The molecular weight excluding hydrogens is 309 g/mol. The van der Waals surface area contributed by atoms with Gasteiger partial charge in [-0.25, -0.2) is 4.39 Å². The van der Waals surface area contributed by atoms with Crippen molar-refractivity contribution in [2.75, 3.05) is 19.8 Å². The molecular formula is C19H22FNO3. The molecule has 0 radical (unpaired) electrons. The van der Waals surface area contributed by atoms with Crippen molar-refractivity contribution >= 4 is 16.7 Å². The molecule has 1 heterocycles. The molecule has 128 valence electrons. The number of hydrogen-bond donors (Lipinski definition) is 2. The highest BCUT2D eigenvalue weighted by Gasteiger charge is 2.26. The first kappa shape index (κ1) is 16.9. The van der Waals surface area contributed by atoms with E-state index in [4.69, 9.17) is 4.74 Å². The van der Waals surface area contributed by atoms with Crippen LogP contribution in [0.5, 0.6) is 0 Å². The smallest absolute Gasteiger partial charge is 0.252 e. The molecule has 0 saturated carbocycles. The Balaban J connectivity index is 1.84. The van der Waals surface area contributed by atoms with Gasteiger partial charge in [0.1, 0.15) is 5.82 Å². The number of fused-ring (bicyclic) bond motifs is 1. The highest BCUT2D eigenvalue weighted by Crippen LogP contribution is 2.24. The summed E-state index contributed by atoms with van der Waals surface area (Å²) in [6, 6.07) is 9.72. The lowest BCUT2D eigenvalue weighted by atomic mass is 9.89. The van der Waals surface area contributed by atoms with E-state index in [2.05, 4.69) is 5.32 Å². The van der Waals surface area contributed by atoms with Crippen molar-refractivity contribution in [3.63, 3.8) is 0 Å². The minimum absolute atomic E-state index is 0.0203. The molecule has 2 aromatic carbocycles. The molecule has 2 aromatic rings. The van der Waals surface area contributed by atoms with Crippen LogP contribution in [-0.2, 0) is 4.74 Å². The van der Waals surface area contributed by atoms with Gasteiger partial charge < -0.3 is 15.2 Å². The molecule has 0 unspecified atom stereocenters. The van der Waals surface area contributed by atoms with Gasteiger partial charge in [0.25, 0.3) is 5.91 Å². The Morgan fingerprint density at radius 2 is 1.92 bits per heavy atom. The maximum absolute atomic E-state index is 13.9. The fourth-order valence-corrected chi connectivity index (χ4v) is 3.39. The molecule has 1 aliphatic rings. The molecule has 5 heteroatoms. The number of amides is 1. The third-order valence-corrected chi connectivity index (χ3v) is 4.71. The van der Waals surface area contributed by atoms with Crippen molar-refractivity contribution in [1.82, 2.24) is 5.32 Å². The SMILES string of the molecule is O=C(N[C@H](CCO)C1CCOCC1)c1ccc(F)c2ccccc12. The highest BCUT2D eigenvalue weighted by molar-refractivity contribution is 6.07. The molecule has 24 heavy (non-hydrogen) atoms. The second kappa shape index (κ2) is 7.73. The molecule has 1 fully saturated rings. The van der Waals surface area contributed by atoms with Gasteiger partial charge in [-0.3, -0.25) is 4.79 Å². The number of nitrogens with one attached hydrogen (secondary N) is 1. The third kappa shape index (κ3) is 3.57. The van der Waals surface area contributed by atoms with Gasteiger partial charge >= 0.3 is 0 Å². The number of rotatable bonds is 5. The molecule has 0 spiro atoms. The van der Waals surface area contributed by atoms with Gasteiger partial charge in [0.2, 0.25) is 0 Å². The van der Waals surface area contributed by atoms with Gasteiger partial charge in [-0.1, -0.05) is 24.3 Å². The summed E-state index contributed by atoms with van der Waals surface area (Å²) in [4.78, 5) is 12.8. The Morgan fingerprint density at radius 1 is 1.21 bits per heavy atom. The number of carbonyl (C=O) groups excluding carboxylic acids is 1. The summed E-state index contributed by atoms with van der Waals surface area (Å²) in [6.07, 6.45) is 2.25. The average molecular weight is 331 g/mol. The van der Waals surface area contributed by atoms with Crippen LogP contribution in [0.4, 0.5) is 4.39 Å². The first-order chi connectivity index (χ1) is 11.7. The topological polar surface area (TPSA) is 58.6 Å². The summed E-state index contributed by atoms with van der Waals surface area (Å²) in [5.41, 5.74) is 0.460. The van der Waals surface area contributed by atoms with Crippen molar-refractivity contribution in [2.24, 2.45) is 5.92 Å². The van der Waals surface area contributed by atoms with Crippen LogP contribution in [-0.4, -0.2) is 36.9 Å². The normalized spacial score (nSPS) is 16.9. The number of halogens is 1. The molecule has 4 nitrogen and oxygen atoms in total. The van der Waals surface area contributed by atoms with Gasteiger partial charge in [0, 0.05) is 36.8 Å². The van der Waals surface area contributed by atoms with E-state index < -0.39 is 0 Å². The molecule has 1 aliphatic heterocycles. The third-order valence-electron chi connectivity index (χ3n) is 4.71. The Kier molecular flexibility index (Phi) is 5.43. The summed E-state index contributed by atoms with van der Waals surface area (Å²) < 4.78 is 19.3. The van der Waals surface area contributed by atoms with Crippen LogP contribution < -0.4 is 5.32 Å². The minimum atomic E-state index is -0.335. The summed E-state index contributed by atoms with van der Waals surface area (Å²) in [5, 5.41) is 13.4. The van der Waals surface area contributed by atoms with E-state index in [0.29, 0.717) is 41.9 Å². The van der Waals surface area contributed by atoms with Crippen LogP contribution >= 0.6 is 0 Å². The molecule has 1 saturated heterocycles. The van der Waals surface area contributed by atoms with Crippen LogP contribution in [0.3, 0.4) is 0 Å². The van der Waals surface area contributed by atoms with E-state index in [1.54, 1.807) is 24.3 Å². The molecule has 0 aliphatic carbocycles. The lowest BCUT2D eigenvalue weighted by Crippen LogP contribution is -2.43. The lowest BCUT2D eigenvalue weighted by molar-refractivity contribution is 0.0479. The number of benzene rings is 2. The highest BCUT2D eigenvalue weighted by atomic mass is 19.1. The Hall–Kier alpha value is -1.98. The Labute approximate surface area is 140 Å². The molecule has 1 amide bonds. The minimum Gasteiger partial charge on any atom is -0.396 e. The molecule has 0 bridgehead atoms. The van der Waals surface area contributed by atoms with Crippen molar-refractivity contribution in [2.45, 2.75) is 25.3 Å². The molecule has 0 aromatic heterocycles. The number of hydrogen-bond acceptors (Lipinski definition) is 3. The van der Waals surface area contributed by atoms with Gasteiger partial charge in [-0.2, -0.15) is 0 Å². The van der Waals surface area contributed by atoms with Crippen molar-refractivity contribution < 1.29 is 19.0 Å². The first-order valence-corrected chi connectivity index (χ1v) is 8.37. The monoisotopic (exact) mass is 331 g/mol. The maximum atomic E-state index is 13.9. The van der Waals surface area contributed by atoms with Gasteiger partial charge in [-0.05, 0) is 42.7 Å². The summed E-state index contributed by atoms with van der Waals surface area (Å²) in [6.45, 7) is 1.39. The van der Waals surface area contributed by atoms with E-state index in [9.17, 15) is 14.3 Å². The number of aliphatic hydroxyl groups excluding tert-OH is 1. The van der Waals surface area contributed by atoms with Gasteiger partial charge in [0.05, 0.1) is 0 Å². The van der Waals surface area contributed by atoms with Crippen LogP contribution in [0.15, 0.2) is 36.4 Å². The van der Waals surface area contributed by atoms with Crippen LogP contribution in [0.1, 0.15) is 29.6 Å². The van der Waals surface area contributed by atoms with Crippen molar-refractivity contribution in [3.8, 4) is 0 Å². The predicted molar refractivity (Wildman–Crippen MR) is 90.4 cm³/mol. The maximum Gasteiger partial charge on any atom is 0.252 e. The fraction of sp³-hybridized carbons (Fsp3) is 0.421. The summed E-state index contributed by atoms with van der Waals surface area (Å²) >= 11 is 0. The largest absolute Gasteiger partial charge is 0.396 e. The molecule has 2 N–H and O–H groups in total. The zero-order valence-corrected chi connectivity index (χ0v) is 13.5. The van der Waals surface area contributed by atoms with Crippen LogP contribution in [0.25, 0.3) is 10.8 Å². The summed E-state index contributed by atoms with van der Waals surface area (Å²) in [7, 11) is 0. The summed E-state index contributed by atoms with van der Waals surface area (Å²) in [5.74, 6) is -0.267. The standard InChI is InChI=1S/C19H22FNO3/c20-17-6-5-16(14-3-1-2-4-15(14)17)19(23)21-18(7-10-22)13-8-11-24-12-9-13/h1-6,13,18,22H,7-12H2,(H,21,23)/t18-/m1/s1. The second-order valence-corrected chi connectivity index (χ2v) is 6.18. The van der Waals surface area contributed by atoms with E-state index >= 15 is 0 Å². The van der Waals surface area contributed by atoms with Gasteiger partial charge in [-0.15, -0.1) is 0 Å². The van der Waals surface area contributed by atoms with Crippen LogP contribution in [0.2, 0.25) is 0 Å². The zero-order valence-electron chi connectivity index (χ0n) is 13.5. The first-order valence-electron chi connectivity index (χ1n) is 8.37. The Bertz CT molecular complexity index is 713. The van der Waals surface area contributed by atoms with E-state index in [1.807, 2.05) is 0 Å². The van der Waals surface area contributed by atoms with Crippen LogP contribution in [0, 0.1) is 11.7 Å². The fourth-order valence-electron chi connectivity index (χ4n) is 3.39. The second-order valence-electron chi connectivity index (χ2n) is 6.18. The Morgan fingerprint density at radius 3 is 2.62 bits per heavy atom. The molecule has 1 atom stereocenters. The zero-order chi connectivity index (χ0) is 16.9. The predicted octanol–water partition coefficient (Wildman–Crippen LogP) is 2.89. The quantitative estimate of drug-likeness (QED) is 0.886. The van der Waals surface area contributed by atoms with Crippen molar-refractivity contribution in [3.05, 3.63) is 47.8 Å². The number of carbonyl (C=O) groups is 1. The van der Waals surface area contributed by atoms with Crippen molar-refractivity contribution in [1.29, 1.82) is 0 Å². The van der Waals surface area contributed by atoms with E-state index in [1.165, 1.54) is 12.1 Å². The lowest BCUT2D eigenvalue weighted by Gasteiger charge is -2.30. The van der Waals surface area contributed by atoms with E-state index in [0.717, 1.165) is 12.8 Å².